The summed E-state index contributed by atoms with van der Waals surface area (Å²) < 4.78 is 6.91. The van der Waals surface area contributed by atoms with E-state index in [9.17, 15) is 0 Å². The van der Waals surface area contributed by atoms with Crippen LogP contribution in [0.4, 0.5) is 0 Å². The van der Waals surface area contributed by atoms with Gasteiger partial charge in [0, 0.05) is 71.5 Å². The van der Waals surface area contributed by atoms with E-state index in [2.05, 4.69) is 184 Å². The molecule has 9 heteroatoms. The molecule has 0 unspecified atom stereocenters. The first-order chi connectivity index (χ1) is 37.2. The molecule has 5 aromatic heterocycles. The van der Waals surface area contributed by atoms with Crippen LogP contribution in [0.15, 0.2) is 249 Å². The molecular weight excluding hydrogens is 919 g/mol. The summed E-state index contributed by atoms with van der Waals surface area (Å²) in [6.07, 6.45) is 0. The summed E-state index contributed by atoms with van der Waals surface area (Å²) in [6, 6.07) is 86.3. The van der Waals surface area contributed by atoms with Gasteiger partial charge in [-0.25, -0.2) is 19.9 Å². The number of benzene rings is 10. The highest BCUT2D eigenvalue weighted by Gasteiger charge is 2.24. The lowest BCUT2D eigenvalue weighted by Crippen LogP contribution is -2.06. The lowest BCUT2D eigenvalue weighted by Gasteiger charge is -2.12. The van der Waals surface area contributed by atoms with Gasteiger partial charge in [-0.2, -0.15) is 9.97 Å². The topological polar surface area (TPSA) is 92.1 Å². The first-order valence-electron chi connectivity index (χ1n) is 25.0. The van der Waals surface area contributed by atoms with Crippen molar-refractivity contribution in [2.24, 2.45) is 0 Å². The number of hydrogen-bond donors (Lipinski definition) is 0. The number of aromatic nitrogens is 9. The lowest BCUT2D eigenvalue weighted by molar-refractivity contribution is 0.955. The average molecular weight is 960 g/mol. The van der Waals surface area contributed by atoms with Gasteiger partial charge in [0.05, 0.1) is 33.1 Å². The number of nitrogens with zero attached hydrogens (tertiary/aromatic N) is 9. The molecule has 0 bridgehead atoms. The van der Waals surface area contributed by atoms with Crippen molar-refractivity contribution < 1.29 is 0 Å². The summed E-state index contributed by atoms with van der Waals surface area (Å²) in [5.74, 6) is 3.51. The quantitative estimate of drug-likeness (QED) is 0.151. The van der Waals surface area contributed by atoms with Gasteiger partial charge in [0.25, 0.3) is 0 Å². The highest BCUT2D eigenvalue weighted by molar-refractivity contribution is 6.26. The minimum absolute atomic E-state index is 0.542. The van der Waals surface area contributed by atoms with Gasteiger partial charge in [0.1, 0.15) is 0 Å². The zero-order valence-electron chi connectivity index (χ0n) is 40.2. The first-order valence-corrected chi connectivity index (χ1v) is 25.0. The standard InChI is InChI=1S/C66H41N9/c1-5-20-42(21-6-1)61-67-64(70-65(68-61)46-36-37-51-49-30-13-16-33-54(49)73(58(51)41-46)47-27-11-4-12-28-47)45-26-19-29-48(40-45)74-56-35-18-15-32-53(56)59-57(74)39-38-52-50-31-14-17-34-55(50)75(60(52)59)66-71-62(43-22-7-2-8-23-43)69-63(72-66)44-24-9-3-10-25-44/h1-41H. The number of para-hydroxylation sites is 4. The molecule has 350 valence electrons. The Hall–Kier alpha value is -10.4. The predicted octanol–water partition coefficient (Wildman–Crippen LogP) is 15.7. The van der Waals surface area contributed by atoms with E-state index in [1.165, 1.54) is 5.39 Å². The van der Waals surface area contributed by atoms with E-state index >= 15 is 0 Å². The second kappa shape index (κ2) is 17.1. The summed E-state index contributed by atoms with van der Waals surface area (Å²) in [4.78, 5) is 31.3. The second-order valence-electron chi connectivity index (χ2n) is 18.7. The summed E-state index contributed by atoms with van der Waals surface area (Å²) in [7, 11) is 0. The minimum Gasteiger partial charge on any atom is -0.309 e. The second-order valence-corrected chi connectivity index (χ2v) is 18.7. The molecule has 0 spiro atoms. The predicted molar refractivity (Wildman–Crippen MR) is 303 cm³/mol. The van der Waals surface area contributed by atoms with Crippen molar-refractivity contribution in [2.75, 3.05) is 0 Å². The van der Waals surface area contributed by atoms with Crippen LogP contribution in [-0.2, 0) is 0 Å². The highest BCUT2D eigenvalue weighted by Crippen LogP contribution is 2.43. The number of fused-ring (bicyclic) bond motifs is 10. The van der Waals surface area contributed by atoms with Crippen LogP contribution in [-0.4, -0.2) is 43.6 Å². The number of hydrogen-bond acceptors (Lipinski definition) is 6. The van der Waals surface area contributed by atoms with Crippen LogP contribution in [0.1, 0.15) is 0 Å². The zero-order valence-corrected chi connectivity index (χ0v) is 40.2. The average Bonchev–Trinajstić information content (AvgIpc) is 4.14. The van der Waals surface area contributed by atoms with E-state index in [0.29, 0.717) is 35.1 Å². The maximum atomic E-state index is 5.31. The zero-order chi connectivity index (χ0) is 49.4. The fourth-order valence-electron chi connectivity index (χ4n) is 11.0. The Bertz CT molecular complexity index is 4640. The molecule has 0 amide bonds. The van der Waals surface area contributed by atoms with Gasteiger partial charge in [-0.05, 0) is 54.6 Å². The van der Waals surface area contributed by atoms with E-state index in [1.807, 2.05) is 78.9 Å². The Labute approximate surface area is 430 Å². The monoisotopic (exact) mass is 959 g/mol. The van der Waals surface area contributed by atoms with Crippen molar-refractivity contribution in [2.45, 2.75) is 0 Å². The third kappa shape index (κ3) is 6.94. The molecule has 15 aromatic rings. The van der Waals surface area contributed by atoms with Gasteiger partial charge in [0.2, 0.25) is 5.95 Å². The molecule has 0 atom stereocenters. The lowest BCUT2D eigenvalue weighted by atomic mass is 10.1. The molecule has 10 aromatic carbocycles. The molecule has 0 aliphatic carbocycles. The Balaban J connectivity index is 0.937. The summed E-state index contributed by atoms with van der Waals surface area (Å²) in [5, 5.41) is 6.75. The van der Waals surface area contributed by atoms with Crippen molar-refractivity contribution in [1.82, 2.24) is 43.6 Å². The SMILES string of the molecule is c1ccc(-c2nc(-c3cccc(-n4c5ccccc5c5c4ccc4c6ccccc6n(-c6nc(-c7ccccc7)nc(-c7ccccc7)n6)c45)c3)nc(-c3ccc4c5ccccc5n(-c5ccccc5)c4c3)n2)cc1. The molecule has 0 aliphatic rings. The molecule has 0 fully saturated rings. The maximum Gasteiger partial charge on any atom is 0.238 e. The fourth-order valence-corrected chi connectivity index (χ4v) is 11.0. The van der Waals surface area contributed by atoms with Crippen molar-refractivity contribution in [1.29, 1.82) is 0 Å². The van der Waals surface area contributed by atoms with Crippen molar-refractivity contribution in [3.63, 3.8) is 0 Å². The van der Waals surface area contributed by atoms with Gasteiger partial charge in [-0.15, -0.1) is 0 Å². The first kappa shape index (κ1) is 42.3. The molecule has 9 nitrogen and oxygen atoms in total. The van der Waals surface area contributed by atoms with E-state index in [-0.39, 0.29) is 0 Å². The summed E-state index contributed by atoms with van der Waals surface area (Å²) in [6.45, 7) is 0. The van der Waals surface area contributed by atoms with E-state index in [4.69, 9.17) is 29.9 Å². The summed E-state index contributed by atoms with van der Waals surface area (Å²) in [5.41, 5.74) is 12.9. The Morgan fingerprint density at radius 3 is 1.23 bits per heavy atom. The van der Waals surface area contributed by atoms with Crippen LogP contribution in [0.25, 0.3) is 140 Å². The van der Waals surface area contributed by atoms with Crippen LogP contribution in [0, 0.1) is 0 Å². The largest absolute Gasteiger partial charge is 0.309 e. The van der Waals surface area contributed by atoms with Crippen LogP contribution in [0.3, 0.4) is 0 Å². The van der Waals surface area contributed by atoms with Gasteiger partial charge in [0.15, 0.2) is 29.1 Å². The third-order valence-corrected chi connectivity index (χ3v) is 14.3. The summed E-state index contributed by atoms with van der Waals surface area (Å²) >= 11 is 0. The van der Waals surface area contributed by atoms with Crippen molar-refractivity contribution >= 4 is 65.4 Å². The van der Waals surface area contributed by atoms with Gasteiger partial charge >= 0.3 is 0 Å². The van der Waals surface area contributed by atoms with Crippen molar-refractivity contribution in [3.8, 4) is 74.3 Å². The molecule has 0 N–H and O–H groups in total. The number of rotatable bonds is 8. The highest BCUT2D eigenvalue weighted by atomic mass is 15.2. The minimum atomic E-state index is 0.542. The van der Waals surface area contributed by atoms with E-state index < -0.39 is 0 Å². The molecule has 75 heavy (non-hydrogen) atoms. The Kier molecular flexibility index (Phi) is 9.67. The fraction of sp³-hybridized carbons (Fsp3) is 0. The molecule has 15 rings (SSSR count). The smallest absolute Gasteiger partial charge is 0.238 e. The molecule has 0 saturated heterocycles. The van der Waals surface area contributed by atoms with Crippen LogP contribution in [0.2, 0.25) is 0 Å². The van der Waals surface area contributed by atoms with Crippen molar-refractivity contribution in [3.05, 3.63) is 249 Å². The molecule has 0 radical (unpaired) electrons. The molecule has 0 aliphatic heterocycles. The Morgan fingerprint density at radius 2 is 0.627 bits per heavy atom. The van der Waals surface area contributed by atoms with Gasteiger partial charge < -0.3 is 9.13 Å². The van der Waals surface area contributed by atoms with Crippen LogP contribution >= 0.6 is 0 Å². The van der Waals surface area contributed by atoms with E-state index in [1.54, 1.807) is 0 Å². The third-order valence-electron chi connectivity index (χ3n) is 14.3. The van der Waals surface area contributed by atoms with Gasteiger partial charge in [-0.1, -0.05) is 194 Å². The molecular formula is C66H41N9. The van der Waals surface area contributed by atoms with Crippen LogP contribution < -0.4 is 0 Å². The van der Waals surface area contributed by atoms with Gasteiger partial charge in [-0.3, -0.25) is 4.57 Å². The normalized spacial score (nSPS) is 11.7. The molecule has 0 saturated carbocycles. The van der Waals surface area contributed by atoms with E-state index in [0.717, 1.165) is 99.2 Å². The Morgan fingerprint density at radius 1 is 0.227 bits per heavy atom. The van der Waals surface area contributed by atoms with Crippen LogP contribution in [0.5, 0.6) is 0 Å². The molecule has 5 heterocycles. The maximum absolute atomic E-state index is 5.31.